The van der Waals surface area contributed by atoms with Crippen molar-refractivity contribution >= 4 is 17.7 Å². The summed E-state index contributed by atoms with van der Waals surface area (Å²) in [4.78, 5) is 15.7. The topological polar surface area (TPSA) is 72.9 Å². The van der Waals surface area contributed by atoms with Crippen molar-refractivity contribution in [2.75, 3.05) is 12.0 Å². The lowest BCUT2D eigenvalue weighted by Gasteiger charge is -2.11. The van der Waals surface area contributed by atoms with E-state index in [1.54, 1.807) is 18.0 Å². The number of carbonyl (C=O) groups excluding carboxylic acids is 1. The molecule has 0 bridgehead atoms. The number of carbonyl (C=O) groups is 1. The normalized spacial score (nSPS) is 12.4. The number of rotatable bonds is 6. The van der Waals surface area contributed by atoms with E-state index in [1.165, 1.54) is 0 Å². The van der Waals surface area contributed by atoms with Gasteiger partial charge in [-0.1, -0.05) is 0 Å². The summed E-state index contributed by atoms with van der Waals surface area (Å²) < 4.78 is 1.87. The first kappa shape index (κ1) is 13.1. The first-order chi connectivity index (χ1) is 7.65. The van der Waals surface area contributed by atoms with Gasteiger partial charge in [-0.15, -0.1) is 0 Å². The fraction of sp³-hybridized carbons (Fsp3) is 0.600. The maximum atomic E-state index is 11.6. The van der Waals surface area contributed by atoms with Crippen molar-refractivity contribution in [2.24, 2.45) is 12.8 Å². The molecule has 16 heavy (non-hydrogen) atoms. The van der Waals surface area contributed by atoms with Crippen LogP contribution in [0.15, 0.2) is 12.4 Å². The van der Waals surface area contributed by atoms with Crippen LogP contribution in [0.3, 0.4) is 0 Å². The lowest BCUT2D eigenvalue weighted by Crippen LogP contribution is -2.40. The number of imidazole rings is 1. The molecule has 0 radical (unpaired) electrons. The highest BCUT2D eigenvalue weighted by Gasteiger charge is 2.12. The van der Waals surface area contributed by atoms with E-state index in [2.05, 4.69) is 10.3 Å². The standard InChI is InChI=1S/C10H18N4OS/c1-14-5-4-12-9(14)7-13-10(15)8(11)3-6-16-2/h4-5,8H,3,6-7,11H2,1-2H3,(H,13,15)/t8-/m1/s1. The smallest absolute Gasteiger partial charge is 0.237 e. The molecule has 0 aromatic carbocycles. The zero-order valence-corrected chi connectivity index (χ0v) is 10.5. The molecule has 1 aromatic heterocycles. The second-order valence-corrected chi connectivity index (χ2v) is 4.55. The van der Waals surface area contributed by atoms with Crippen LogP contribution in [-0.4, -0.2) is 33.5 Å². The van der Waals surface area contributed by atoms with Gasteiger partial charge in [-0.2, -0.15) is 11.8 Å². The van der Waals surface area contributed by atoms with E-state index in [4.69, 9.17) is 5.73 Å². The SMILES string of the molecule is CSCC[C@@H](N)C(=O)NCc1nccn1C. The quantitative estimate of drug-likeness (QED) is 0.743. The fourth-order valence-electron chi connectivity index (χ4n) is 1.24. The number of hydrogen-bond donors (Lipinski definition) is 2. The number of hydrogen-bond acceptors (Lipinski definition) is 4. The van der Waals surface area contributed by atoms with Crippen molar-refractivity contribution in [1.29, 1.82) is 0 Å². The molecule has 1 rings (SSSR count). The summed E-state index contributed by atoms with van der Waals surface area (Å²) >= 11 is 1.69. The Hall–Kier alpha value is -1.01. The monoisotopic (exact) mass is 242 g/mol. The molecule has 0 saturated carbocycles. The Kier molecular flexibility index (Phi) is 5.34. The predicted octanol–water partition coefficient (Wildman–Crippen LogP) is 0.117. The van der Waals surface area contributed by atoms with Crippen LogP contribution >= 0.6 is 11.8 Å². The van der Waals surface area contributed by atoms with E-state index in [0.717, 1.165) is 11.6 Å². The molecule has 0 saturated heterocycles. The van der Waals surface area contributed by atoms with Gasteiger partial charge in [-0.3, -0.25) is 4.79 Å². The molecule has 0 aliphatic rings. The van der Waals surface area contributed by atoms with E-state index >= 15 is 0 Å². The zero-order chi connectivity index (χ0) is 12.0. The summed E-state index contributed by atoms with van der Waals surface area (Å²) in [6, 6.07) is -0.423. The van der Waals surface area contributed by atoms with Gasteiger partial charge in [0.2, 0.25) is 5.91 Å². The van der Waals surface area contributed by atoms with Crippen LogP contribution in [0.25, 0.3) is 0 Å². The molecule has 0 unspecified atom stereocenters. The summed E-state index contributed by atoms with van der Waals surface area (Å²) in [6.45, 7) is 0.426. The van der Waals surface area contributed by atoms with Crippen LogP contribution < -0.4 is 11.1 Å². The highest BCUT2D eigenvalue weighted by molar-refractivity contribution is 7.98. The fourth-order valence-corrected chi connectivity index (χ4v) is 1.73. The maximum Gasteiger partial charge on any atom is 0.237 e. The molecular weight excluding hydrogens is 224 g/mol. The van der Waals surface area contributed by atoms with Crippen LogP contribution in [0.4, 0.5) is 0 Å². The Morgan fingerprint density at radius 1 is 1.75 bits per heavy atom. The van der Waals surface area contributed by atoms with Gasteiger partial charge in [0.05, 0.1) is 12.6 Å². The molecule has 5 nitrogen and oxygen atoms in total. The van der Waals surface area contributed by atoms with Crippen molar-refractivity contribution in [3.05, 3.63) is 18.2 Å². The second-order valence-electron chi connectivity index (χ2n) is 3.56. The highest BCUT2D eigenvalue weighted by Crippen LogP contribution is 1.99. The number of thioether (sulfide) groups is 1. The Morgan fingerprint density at radius 2 is 2.50 bits per heavy atom. The molecule has 6 heteroatoms. The van der Waals surface area contributed by atoms with E-state index in [9.17, 15) is 4.79 Å². The third kappa shape index (κ3) is 3.86. The van der Waals surface area contributed by atoms with Gasteiger partial charge < -0.3 is 15.6 Å². The molecular formula is C10H18N4OS. The minimum absolute atomic E-state index is 0.114. The van der Waals surface area contributed by atoms with E-state index < -0.39 is 6.04 Å². The third-order valence-electron chi connectivity index (χ3n) is 2.31. The highest BCUT2D eigenvalue weighted by atomic mass is 32.2. The largest absolute Gasteiger partial charge is 0.348 e. The van der Waals surface area contributed by atoms with Gasteiger partial charge in [0, 0.05) is 19.4 Å². The van der Waals surface area contributed by atoms with Gasteiger partial charge in [-0.05, 0) is 18.4 Å². The average molecular weight is 242 g/mol. The van der Waals surface area contributed by atoms with Gasteiger partial charge in [-0.25, -0.2) is 4.98 Å². The molecule has 0 fully saturated rings. The zero-order valence-electron chi connectivity index (χ0n) is 9.64. The molecule has 1 amide bonds. The van der Waals surface area contributed by atoms with Gasteiger partial charge in [0.15, 0.2) is 0 Å². The summed E-state index contributed by atoms with van der Waals surface area (Å²) in [7, 11) is 1.89. The molecule has 1 heterocycles. The van der Waals surface area contributed by atoms with E-state index in [-0.39, 0.29) is 5.91 Å². The maximum absolute atomic E-state index is 11.6. The van der Waals surface area contributed by atoms with Crippen molar-refractivity contribution in [1.82, 2.24) is 14.9 Å². The Morgan fingerprint density at radius 3 is 3.06 bits per heavy atom. The van der Waals surface area contributed by atoms with Crippen molar-refractivity contribution < 1.29 is 4.79 Å². The minimum atomic E-state index is -0.423. The minimum Gasteiger partial charge on any atom is -0.348 e. The summed E-state index contributed by atoms with van der Waals surface area (Å²) in [6.07, 6.45) is 6.25. The average Bonchev–Trinajstić information content (AvgIpc) is 2.68. The number of nitrogens with two attached hydrogens (primary N) is 1. The number of aryl methyl sites for hydroxylation is 1. The summed E-state index contributed by atoms with van der Waals surface area (Å²) in [5.74, 6) is 1.61. The lowest BCUT2D eigenvalue weighted by molar-refractivity contribution is -0.122. The molecule has 3 N–H and O–H groups in total. The van der Waals surface area contributed by atoms with Gasteiger partial charge in [0.25, 0.3) is 0 Å². The predicted molar refractivity (Wildman–Crippen MR) is 66.0 cm³/mol. The number of amides is 1. The first-order valence-corrected chi connectivity index (χ1v) is 6.53. The summed E-state index contributed by atoms with van der Waals surface area (Å²) in [5, 5.41) is 2.78. The molecule has 0 spiro atoms. The van der Waals surface area contributed by atoms with Gasteiger partial charge in [0.1, 0.15) is 5.82 Å². The van der Waals surface area contributed by atoms with Crippen molar-refractivity contribution in [3.8, 4) is 0 Å². The molecule has 90 valence electrons. The molecule has 0 aliphatic heterocycles. The Labute approximate surface area is 99.8 Å². The number of nitrogens with zero attached hydrogens (tertiary/aromatic N) is 2. The van der Waals surface area contributed by atoms with Crippen LogP contribution in [0, 0.1) is 0 Å². The Bertz CT molecular complexity index is 339. The van der Waals surface area contributed by atoms with Crippen molar-refractivity contribution in [3.63, 3.8) is 0 Å². The van der Waals surface area contributed by atoms with Gasteiger partial charge >= 0.3 is 0 Å². The summed E-state index contributed by atoms with van der Waals surface area (Å²) in [5.41, 5.74) is 5.73. The molecule has 1 aromatic rings. The second kappa shape index (κ2) is 6.55. The molecule has 1 atom stereocenters. The number of nitrogens with one attached hydrogen (secondary N) is 1. The first-order valence-electron chi connectivity index (χ1n) is 5.13. The third-order valence-corrected chi connectivity index (χ3v) is 2.96. The van der Waals surface area contributed by atoms with Crippen LogP contribution in [0.1, 0.15) is 12.2 Å². The van der Waals surface area contributed by atoms with Crippen LogP contribution in [0.2, 0.25) is 0 Å². The Balaban J connectivity index is 2.32. The van der Waals surface area contributed by atoms with Crippen LogP contribution in [0.5, 0.6) is 0 Å². The van der Waals surface area contributed by atoms with Crippen LogP contribution in [-0.2, 0) is 18.4 Å². The van der Waals surface area contributed by atoms with E-state index in [1.807, 2.05) is 24.1 Å². The van der Waals surface area contributed by atoms with E-state index in [0.29, 0.717) is 13.0 Å². The van der Waals surface area contributed by atoms with Crippen molar-refractivity contribution in [2.45, 2.75) is 19.0 Å². The number of aromatic nitrogens is 2. The lowest BCUT2D eigenvalue weighted by atomic mass is 10.2. The molecule has 0 aliphatic carbocycles.